The Morgan fingerprint density at radius 1 is 1.35 bits per heavy atom. The second-order valence-electron chi connectivity index (χ2n) is 6.87. The average Bonchev–Trinajstić information content (AvgIpc) is 3.20. The van der Waals surface area contributed by atoms with Crippen LogP contribution in [-0.2, 0) is 4.79 Å². The fourth-order valence-corrected chi connectivity index (χ4v) is 3.39. The van der Waals surface area contributed by atoms with E-state index in [-0.39, 0.29) is 17.7 Å². The van der Waals surface area contributed by atoms with Crippen LogP contribution in [0.3, 0.4) is 0 Å². The minimum atomic E-state index is -0.124. The van der Waals surface area contributed by atoms with Crippen LogP contribution < -0.4 is 5.32 Å². The molecule has 0 aliphatic carbocycles. The zero-order valence-electron chi connectivity index (χ0n) is 15.4. The number of carbonyl (C=O) groups excluding carboxylic acids is 2. The Balaban J connectivity index is 1.81. The lowest BCUT2D eigenvalue weighted by molar-refractivity contribution is -0.126. The number of carbonyl (C=O) groups is 2. The highest BCUT2D eigenvalue weighted by molar-refractivity contribution is 5.98. The molecule has 1 aliphatic rings. The van der Waals surface area contributed by atoms with Crippen LogP contribution in [0.2, 0.25) is 0 Å². The number of aryl methyl sites for hydroxylation is 1. The number of rotatable bonds is 5. The van der Waals surface area contributed by atoms with Gasteiger partial charge in [-0.3, -0.25) is 9.59 Å². The molecular weight excluding hydrogens is 328 g/mol. The number of benzene rings is 1. The van der Waals surface area contributed by atoms with Gasteiger partial charge in [-0.25, -0.2) is 4.98 Å². The van der Waals surface area contributed by atoms with Crippen molar-refractivity contribution in [1.29, 1.82) is 0 Å². The quantitative estimate of drug-likeness (QED) is 0.897. The third-order valence-corrected chi connectivity index (χ3v) is 4.79. The van der Waals surface area contributed by atoms with Crippen molar-refractivity contribution in [3.63, 3.8) is 0 Å². The molecule has 1 aromatic heterocycles. The van der Waals surface area contributed by atoms with Gasteiger partial charge in [0, 0.05) is 32.0 Å². The van der Waals surface area contributed by atoms with Gasteiger partial charge in [-0.1, -0.05) is 18.6 Å². The molecular formula is C20H26N4O2. The highest BCUT2D eigenvalue weighted by Crippen LogP contribution is 2.23. The predicted molar refractivity (Wildman–Crippen MR) is 100 cm³/mol. The van der Waals surface area contributed by atoms with Gasteiger partial charge >= 0.3 is 0 Å². The molecule has 0 saturated carbocycles. The monoisotopic (exact) mass is 354 g/mol. The van der Waals surface area contributed by atoms with E-state index < -0.39 is 0 Å². The number of imidazole rings is 1. The summed E-state index contributed by atoms with van der Waals surface area (Å²) in [6.07, 6.45) is 7.82. The van der Waals surface area contributed by atoms with E-state index in [1.165, 1.54) is 0 Å². The molecule has 1 aliphatic heterocycles. The molecule has 3 rings (SSSR count). The van der Waals surface area contributed by atoms with Crippen molar-refractivity contribution in [3.8, 4) is 5.69 Å². The van der Waals surface area contributed by atoms with E-state index in [0.717, 1.165) is 30.5 Å². The molecule has 0 bridgehead atoms. The topological polar surface area (TPSA) is 67.2 Å². The maximum Gasteiger partial charge on any atom is 0.256 e. The number of aromatic nitrogens is 2. The third-order valence-electron chi connectivity index (χ3n) is 4.79. The summed E-state index contributed by atoms with van der Waals surface area (Å²) in [5, 5.41) is 2.95. The molecule has 1 N–H and O–H groups in total. The molecule has 1 aromatic carbocycles. The maximum atomic E-state index is 13.2. The first-order valence-electron chi connectivity index (χ1n) is 9.26. The molecule has 6 heteroatoms. The van der Waals surface area contributed by atoms with E-state index in [1.807, 2.05) is 47.7 Å². The highest BCUT2D eigenvalue weighted by atomic mass is 16.2. The van der Waals surface area contributed by atoms with Crippen molar-refractivity contribution in [2.75, 3.05) is 19.6 Å². The van der Waals surface area contributed by atoms with Gasteiger partial charge in [-0.05, 0) is 38.3 Å². The highest BCUT2D eigenvalue weighted by Gasteiger charge is 2.29. The summed E-state index contributed by atoms with van der Waals surface area (Å²) in [5.41, 5.74) is 2.50. The van der Waals surface area contributed by atoms with Crippen LogP contribution in [0.4, 0.5) is 0 Å². The van der Waals surface area contributed by atoms with Crippen LogP contribution in [0.1, 0.15) is 42.1 Å². The normalized spacial score (nSPS) is 17.2. The van der Waals surface area contributed by atoms with E-state index in [0.29, 0.717) is 25.2 Å². The minimum Gasteiger partial charge on any atom is -0.356 e. The van der Waals surface area contributed by atoms with Gasteiger partial charge in [0.05, 0.1) is 23.5 Å². The second-order valence-corrected chi connectivity index (χ2v) is 6.87. The number of piperidine rings is 1. The van der Waals surface area contributed by atoms with Gasteiger partial charge in [0.15, 0.2) is 0 Å². The van der Waals surface area contributed by atoms with Crippen molar-refractivity contribution in [1.82, 2.24) is 19.8 Å². The summed E-state index contributed by atoms with van der Waals surface area (Å²) in [6, 6.07) is 5.85. The number of nitrogens with one attached hydrogen (secondary N) is 1. The minimum absolute atomic E-state index is 0.0228. The van der Waals surface area contributed by atoms with Crippen LogP contribution in [0.5, 0.6) is 0 Å². The van der Waals surface area contributed by atoms with Crippen LogP contribution in [0, 0.1) is 12.8 Å². The van der Waals surface area contributed by atoms with Gasteiger partial charge in [0.25, 0.3) is 5.91 Å². The van der Waals surface area contributed by atoms with Crippen LogP contribution >= 0.6 is 0 Å². The SMILES string of the molecule is CCCNC(=O)C1CCCN(C(=O)c2cc(C)ccc2-n2ccnc2)C1. The van der Waals surface area contributed by atoms with Crippen molar-refractivity contribution in [3.05, 3.63) is 48.0 Å². The molecule has 2 amide bonds. The van der Waals surface area contributed by atoms with E-state index in [9.17, 15) is 9.59 Å². The lowest BCUT2D eigenvalue weighted by Gasteiger charge is -2.32. The van der Waals surface area contributed by atoms with Crippen molar-refractivity contribution >= 4 is 11.8 Å². The van der Waals surface area contributed by atoms with Crippen LogP contribution in [-0.4, -0.2) is 45.9 Å². The van der Waals surface area contributed by atoms with Crippen molar-refractivity contribution < 1.29 is 9.59 Å². The summed E-state index contributed by atoms with van der Waals surface area (Å²) < 4.78 is 1.85. The Morgan fingerprint density at radius 2 is 2.19 bits per heavy atom. The summed E-state index contributed by atoms with van der Waals surface area (Å²) in [6.45, 7) is 5.86. The average molecular weight is 354 g/mol. The number of nitrogens with zero attached hydrogens (tertiary/aromatic N) is 3. The number of hydrogen-bond acceptors (Lipinski definition) is 3. The molecule has 6 nitrogen and oxygen atoms in total. The zero-order chi connectivity index (χ0) is 18.5. The Bertz CT molecular complexity index is 770. The molecule has 1 fully saturated rings. The smallest absolute Gasteiger partial charge is 0.256 e. The largest absolute Gasteiger partial charge is 0.356 e. The Morgan fingerprint density at radius 3 is 2.92 bits per heavy atom. The van der Waals surface area contributed by atoms with Gasteiger partial charge in [-0.2, -0.15) is 0 Å². The molecule has 1 atom stereocenters. The number of amides is 2. The Kier molecular flexibility index (Phi) is 5.71. The summed E-state index contributed by atoms with van der Waals surface area (Å²) in [4.78, 5) is 31.4. The fourth-order valence-electron chi connectivity index (χ4n) is 3.39. The molecule has 0 spiro atoms. The summed E-state index contributed by atoms with van der Waals surface area (Å²) in [5.74, 6) is -0.0884. The molecule has 0 radical (unpaired) electrons. The third kappa shape index (κ3) is 3.95. The lowest BCUT2D eigenvalue weighted by Crippen LogP contribution is -2.45. The first-order chi connectivity index (χ1) is 12.6. The van der Waals surface area contributed by atoms with Crippen LogP contribution in [0.15, 0.2) is 36.9 Å². The molecule has 2 heterocycles. The molecule has 138 valence electrons. The van der Waals surface area contributed by atoms with Crippen molar-refractivity contribution in [2.45, 2.75) is 33.1 Å². The van der Waals surface area contributed by atoms with E-state index in [4.69, 9.17) is 0 Å². The molecule has 1 saturated heterocycles. The second kappa shape index (κ2) is 8.17. The van der Waals surface area contributed by atoms with Crippen LogP contribution in [0.25, 0.3) is 5.69 Å². The molecule has 2 aromatic rings. The summed E-state index contributed by atoms with van der Waals surface area (Å²) >= 11 is 0. The van der Waals surface area contributed by atoms with Gasteiger partial charge in [-0.15, -0.1) is 0 Å². The standard InChI is InChI=1S/C20H26N4O2/c1-3-8-22-19(25)16-5-4-10-23(13-16)20(26)17-12-15(2)6-7-18(17)24-11-9-21-14-24/h6-7,9,11-12,14,16H,3-5,8,10,13H2,1-2H3,(H,22,25). The van der Waals surface area contributed by atoms with E-state index >= 15 is 0 Å². The van der Waals surface area contributed by atoms with Gasteiger partial charge in [0.2, 0.25) is 5.91 Å². The molecule has 26 heavy (non-hydrogen) atoms. The lowest BCUT2D eigenvalue weighted by atomic mass is 9.96. The van der Waals surface area contributed by atoms with Gasteiger partial charge < -0.3 is 14.8 Å². The van der Waals surface area contributed by atoms with E-state index in [1.54, 1.807) is 12.5 Å². The van der Waals surface area contributed by atoms with E-state index in [2.05, 4.69) is 10.3 Å². The zero-order valence-corrected chi connectivity index (χ0v) is 15.4. The fraction of sp³-hybridized carbons (Fsp3) is 0.450. The Hall–Kier alpha value is -2.63. The van der Waals surface area contributed by atoms with Crippen molar-refractivity contribution in [2.24, 2.45) is 5.92 Å². The Labute approximate surface area is 154 Å². The number of likely N-dealkylation sites (tertiary alicyclic amines) is 1. The molecule has 1 unspecified atom stereocenters. The van der Waals surface area contributed by atoms with Gasteiger partial charge in [0.1, 0.15) is 0 Å². The number of hydrogen-bond donors (Lipinski definition) is 1. The predicted octanol–water partition coefficient (Wildman–Crippen LogP) is 2.56. The first kappa shape index (κ1) is 18.2. The first-order valence-corrected chi connectivity index (χ1v) is 9.26. The summed E-state index contributed by atoms with van der Waals surface area (Å²) in [7, 11) is 0. The maximum absolute atomic E-state index is 13.2.